The summed E-state index contributed by atoms with van der Waals surface area (Å²) in [5.41, 5.74) is 12.3. The number of nitrogens with two attached hydrogens (primary N) is 2. The predicted octanol–water partition coefficient (Wildman–Crippen LogP) is 0.926. The van der Waals surface area contributed by atoms with Gasteiger partial charge < -0.3 is 22.1 Å². The van der Waals surface area contributed by atoms with Gasteiger partial charge in [0.2, 0.25) is 11.8 Å². The summed E-state index contributed by atoms with van der Waals surface area (Å²) in [7, 11) is 0. The Bertz CT molecular complexity index is 627. The van der Waals surface area contributed by atoms with Crippen molar-refractivity contribution in [3.63, 3.8) is 0 Å². The molecule has 0 aliphatic rings. The second-order valence-electron chi connectivity index (χ2n) is 7.31. The third-order valence-electron chi connectivity index (χ3n) is 4.08. The molecule has 0 saturated heterocycles. The number of unbranched alkanes of at least 4 members (excludes halogenated alkanes) is 1. The molecule has 0 aliphatic heterocycles. The summed E-state index contributed by atoms with van der Waals surface area (Å²) in [6, 6.07) is 6.84. The molecular formula is C19H32N4O3S. The van der Waals surface area contributed by atoms with Crippen LogP contribution >= 0.6 is 13.5 Å². The van der Waals surface area contributed by atoms with Crippen LogP contribution in [0.25, 0.3) is 0 Å². The molecule has 7 nitrogen and oxygen atoms in total. The molecule has 0 unspecified atom stereocenters. The summed E-state index contributed by atoms with van der Waals surface area (Å²) in [6.07, 6.45) is 1.73. The molecule has 6 N–H and O–H groups in total. The van der Waals surface area contributed by atoms with Gasteiger partial charge in [0, 0.05) is 12.1 Å². The Labute approximate surface area is 168 Å². The highest BCUT2D eigenvalue weighted by Gasteiger charge is 2.17. The maximum Gasteiger partial charge on any atom is 0.251 e. The molecule has 0 aliphatic carbocycles. The molecule has 0 saturated carbocycles. The van der Waals surface area contributed by atoms with Crippen molar-refractivity contribution in [2.75, 3.05) is 13.1 Å². The van der Waals surface area contributed by atoms with Crippen LogP contribution in [0.1, 0.15) is 56.0 Å². The Balaban J connectivity index is 0.00000676. The second-order valence-corrected chi connectivity index (χ2v) is 7.31. The molecule has 0 heterocycles. The fraction of sp³-hybridized carbons (Fsp3) is 0.526. The molecule has 0 aromatic heterocycles. The van der Waals surface area contributed by atoms with E-state index in [1.165, 1.54) is 5.56 Å². The average molecular weight is 397 g/mol. The minimum Gasteiger partial charge on any atom is -0.368 e. The monoisotopic (exact) mass is 396 g/mol. The van der Waals surface area contributed by atoms with Gasteiger partial charge in [0.1, 0.15) is 6.04 Å². The highest BCUT2D eigenvalue weighted by Crippen LogP contribution is 2.22. The molecule has 0 bridgehead atoms. The Kier molecular flexibility index (Phi) is 10.7. The number of benzene rings is 1. The first-order valence-electron chi connectivity index (χ1n) is 8.82. The summed E-state index contributed by atoms with van der Waals surface area (Å²) in [6.45, 7) is 6.66. The van der Waals surface area contributed by atoms with E-state index < -0.39 is 17.9 Å². The topological polar surface area (TPSA) is 127 Å². The number of rotatable bonds is 9. The maximum absolute atomic E-state index is 12.1. The fourth-order valence-corrected chi connectivity index (χ4v) is 2.44. The number of primary amides is 1. The van der Waals surface area contributed by atoms with E-state index in [0.29, 0.717) is 31.4 Å². The molecule has 152 valence electrons. The first-order chi connectivity index (χ1) is 12.1. The SMILES string of the molecule is CC(C)(C)c1ccc(C(=O)NCCCC[C@H](NC(=O)CN)C(N)=O)cc1.S. The highest BCUT2D eigenvalue weighted by molar-refractivity contribution is 7.59. The van der Waals surface area contributed by atoms with Crippen LogP contribution in [0.15, 0.2) is 24.3 Å². The van der Waals surface area contributed by atoms with Crippen molar-refractivity contribution in [3.8, 4) is 0 Å². The van der Waals surface area contributed by atoms with E-state index in [1.807, 2.05) is 24.3 Å². The van der Waals surface area contributed by atoms with Crippen molar-refractivity contribution in [2.45, 2.75) is 51.5 Å². The number of amides is 3. The van der Waals surface area contributed by atoms with Crippen LogP contribution in [0, 0.1) is 0 Å². The summed E-state index contributed by atoms with van der Waals surface area (Å²) in [5.74, 6) is -1.14. The zero-order valence-corrected chi connectivity index (χ0v) is 17.3. The lowest BCUT2D eigenvalue weighted by Gasteiger charge is -2.19. The van der Waals surface area contributed by atoms with E-state index in [-0.39, 0.29) is 31.4 Å². The molecule has 27 heavy (non-hydrogen) atoms. The van der Waals surface area contributed by atoms with Crippen molar-refractivity contribution < 1.29 is 14.4 Å². The van der Waals surface area contributed by atoms with Crippen LogP contribution < -0.4 is 22.1 Å². The third kappa shape index (κ3) is 8.92. The van der Waals surface area contributed by atoms with Crippen molar-refractivity contribution in [1.29, 1.82) is 0 Å². The molecule has 1 rings (SSSR count). The van der Waals surface area contributed by atoms with Crippen LogP contribution in [0.4, 0.5) is 0 Å². The summed E-state index contributed by atoms with van der Waals surface area (Å²) in [4.78, 5) is 34.7. The zero-order chi connectivity index (χ0) is 19.7. The van der Waals surface area contributed by atoms with Crippen molar-refractivity contribution >= 4 is 31.2 Å². The number of carbonyl (C=O) groups is 3. The molecular weight excluding hydrogens is 364 g/mol. The van der Waals surface area contributed by atoms with E-state index >= 15 is 0 Å². The summed E-state index contributed by atoms with van der Waals surface area (Å²) < 4.78 is 0. The maximum atomic E-state index is 12.1. The molecule has 1 atom stereocenters. The van der Waals surface area contributed by atoms with E-state index in [4.69, 9.17) is 11.5 Å². The van der Waals surface area contributed by atoms with Gasteiger partial charge in [0.05, 0.1) is 6.54 Å². The Morgan fingerprint density at radius 1 is 1.07 bits per heavy atom. The van der Waals surface area contributed by atoms with Crippen LogP contribution in [0.3, 0.4) is 0 Å². The number of nitrogens with one attached hydrogen (secondary N) is 2. The lowest BCUT2D eigenvalue weighted by molar-refractivity contribution is -0.126. The van der Waals surface area contributed by atoms with Gasteiger partial charge in [-0.3, -0.25) is 14.4 Å². The van der Waals surface area contributed by atoms with Gasteiger partial charge in [0.25, 0.3) is 5.91 Å². The normalized spacial score (nSPS) is 11.9. The summed E-state index contributed by atoms with van der Waals surface area (Å²) >= 11 is 0. The van der Waals surface area contributed by atoms with E-state index in [9.17, 15) is 14.4 Å². The van der Waals surface area contributed by atoms with Gasteiger partial charge in [-0.15, -0.1) is 0 Å². The molecule has 1 aromatic rings. The van der Waals surface area contributed by atoms with Gasteiger partial charge in [0.15, 0.2) is 0 Å². The van der Waals surface area contributed by atoms with E-state index in [2.05, 4.69) is 31.4 Å². The zero-order valence-electron chi connectivity index (χ0n) is 16.3. The van der Waals surface area contributed by atoms with Crippen LogP contribution in [0.2, 0.25) is 0 Å². The minimum absolute atomic E-state index is 0. The lowest BCUT2D eigenvalue weighted by Crippen LogP contribution is -2.46. The first-order valence-corrected chi connectivity index (χ1v) is 8.82. The lowest BCUT2D eigenvalue weighted by atomic mass is 9.87. The van der Waals surface area contributed by atoms with Gasteiger partial charge in [-0.1, -0.05) is 32.9 Å². The molecule has 8 heteroatoms. The largest absolute Gasteiger partial charge is 0.368 e. The van der Waals surface area contributed by atoms with E-state index in [0.717, 1.165) is 0 Å². The van der Waals surface area contributed by atoms with Crippen molar-refractivity contribution in [3.05, 3.63) is 35.4 Å². The van der Waals surface area contributed by atoms with Gasteiger partial charge in [-0.2, -0.15) is 13.5 Å². The van der Waals surface area contributed by atoms with E-state index in [1.54, 1.807) is 0 Å². The van der Waals surface area contributed by atoms with Crippen LogP contribution in [-0.2, 0) is 15.0 Å². The number of carbonyl (C=O) groups excluding carboxylic acids is 3. The molecule has 3 amide bonds. The predicted molar refractivity (Wildman–Crippen MR) is 112 cm³/mol. The summed E-state index contributed by atoms with van der Waals surface area (Å²) in [5, 5.41) is 5.33. The number of hydrogen-bond donors (Lipinski definition) is 4. The van der Waals surface area contributed by atoms with Gasteiger partial charge in [-0.05, 0) is 42.4 Å². The van der Waals surface area contributed by atoms with Crippen LogP contribution in [0.5, 0.6) is 0 Å². The highest BCUT2D eigenvalue weighted by atomic mass is 32.1. The quantitative estimate of drug-likeness (QED) is 0.463. The van der Waals surface area contributed by atoms with Gasteiger partial charge >= 0.3 is 0 Å². The molecule has 0 spiro atoms. The second kappa shape index (κ2) is 11.6. The molecule has 0 fully saturated rings. The standard InChI is InChI=1S/C19H30N4O3.H2S/c1-19(2,3)14-9-7-13(8-10-14)18(26)22-11-5-4-6-15(17(21)25)23-16(24)12-20;/h7-10,15H,4-6,11-12,20H2,1-3H3,(H2,21,25)(H,22,26)(H,23,24);1H2/t15-;/m0./s1. The third-order valence-corrected chi connectivity index (χ3v) is 4.08. The smallest absolute Gasteiger partial charge is 0.251 e. The fourth-order valence-electron chi connectivity index (χ4n) is 2.44. The molecule has 1 aromatic carbocycles. The average Bonchev–Trinajstić information content (AvgIpc) is 2.59. The minimum atomic E-state index is -0.730. The first kappa shape index (κ1) is 24.9. The number of hydrogen-bond acceptors (Lipinski definition) is 4. The Morgan fingerprint density at radius 3 is 2.15 bits per heavy atom. The Hall–Kier alpha value is -2.06. The molecule has 0 radical (unpaired) electrons. The Morgan fingerprint density at radius 2 is 1.67 bits per heavy atom. The van der Waals surface area contributed by atoms with Crippen molar-refractivity contribution in [1.82, 2.24) is 10.6 Å². The van der Waals surface area contributed by atoms with Crippen molar-refractivity contribution in [2.24, 2.45) is 11.5 Å². The van der Waals surface area contributed by atoms with Crippen LogP contribution in [-0.4, -0.2) is 36.9 Å². The van der Waals surface area contributed by atoms with Gasteiger partial charge in [-0.25, -0.2) is 0 Å².